The van der Waals surface area contributed by atoms with Gasteiger partial charge in [-0.3, -0.25) is 9.59 Å². The van der Waals surface area contributed by atoms with Crippen molar-refractivity contribution in [1.82, 2.24) is 5.32 Å². The second-order valence-corrected chi connectivity index (χ2v) is 4.26. The van der Waals surface area contributed by atoms with Gasteiger partial charge in [-0.15, -0.1) is 0 Å². The van der Waals surface area contributed by atoms with E-state index < -0.39 is 0 Å². The number of hydrogen-bond donors (Lipinski definition) is 1. The van der Waals surface area contributed by atoms with Crippen LogP contribution in [0, 0.1) is 0 Å². The Morgan fingerprint density at radius 3 is 2.74 bits per heavy atom. The van der Waals surface area contributed by atoms with Crippen molar-refractivity contribution in [2.45, 2.75) is 6.92 Å². The van der Waals surface area contributed by atoms with Crippen molar-refractivity contribution >= 4 is 23.3 Å². The van der Waals surface area contributed by atoms with E-state index in [1.54, 1.807) is 19.2 Å². The Hall–Kier alpha value is -1.59. The number of benzene rings is 1. The van der Waals surface area contributed by atoms with E-state index in [9.17, 15) is 9.59 Å². The van der Waals surface area contributed by atoms with Gasteiger partial charge in [-0.25, -0.2) is 0 Å². The van der Waals surface area contributed by atoms with E-state index in [-0.39, 0.29) is 18.3 Å². The lowest BCUT2D eigenvalue weighted by atomic mass is 10.1. The molecule has 6 heteroatoms. The number of carbonyl (C=O) groups is 2. The molecule has 0 atom stereocenters. The van der Waals surface area contributed by atoms with Crippen LogP contribution in [-0.4, -0.2) is 38.6 Å². The quantitative estimate of drug-likeness (QED) is 0.611. The Morgan fingerprint density at radius 1 is 1.37 bits per heavy atom. The number of methoxy groups -OCH3 is 1. The molecule has 0 saturated heterocycles. The molecule has 1 N–H and O–H groups in total. The lowest BCUT2D eigenvalue weighted by molar-refractivity contribution is -0.123. The highest BCUT2D eigenvalue weighted by Gasteiger charge is 2.11. The van der Waals surface area contributed by atoms with Crippen molar-refractivity contribution in [3.8, 4) is 5.75 Å². The van der Waals surface area contributed by atoms with Gasteiger partial charge >= 0.3 is 0 Å². The summed E-state index contributed by atoms with van der Waals surface area (Å²) in [6.45, 7) is 2.10. The summed E-state index contributed by atoms with van der Waals surface area (Å²) in [5.74, 6) is -0.0995. The van der Waals surface area contributed by atoms with Gasteiger partial charge in [0, 0.05) is 18.7 Å². The predicted octanol–water partition coefficient (Wildman–Crippen LogP) is 1.68. The maximum atomic E-state index is 11.4. The molecule has 0 aliphatic carbocycles. The number of halogens is 1. The van der Waals surface area contributed by atoms with Crippen molar-refractivity contribution in [2.24, 2.45) is 0 Å². The monoisotopic (exact) mass is 285 g/mol. The lowest BCUT2D eigenvalue weighted by Crippen LogP contribution is -2.31. The molecule has 5 nitrogen and oxygen atoms in total. The second kappa shape index (κ2) is 7.76. The molecule has 0 radical (unpaired) electrons. The SMILES string of the molecule is COCCNC(=O)COc1ccc(Cl)cc1C(C)=O. The van der Waals surface area contributed by atoms with Crippen LogP contribution in [-0.2, 0) is 9.53 Å². The fourth-order valence-corrected chi connectivity index (χ4v) is 1.56. The molecule has 1 aromatic rings. The standard InChI is InChI=1S/C13H16ClNO4/c1-9(16)11-7-10(14)3-4-12(11)19-8-13(17)15-5-6-18-2/h3-4,7H,5-6,8H2,1-2H3,(H,15,17). The van der Waals surface area contributed by atoms with Crippen molar-refractivity contribution in [2.75, 3.05) is 26.9 Å². The van der Waals surface area contributed by atoms with Crippen molar-refractivity contribution < 1.29 is 19.1 Å². The molecule has 19 heavy (non-hydrogen) atoms. The Balaban J connectivity index is 2.57. The van der Waals surface area contributed by atoms with E-state index >= 15 is 0 Å². The highest BCUT2D eigenvalue weighted by atomic mass is 35.5. The smallest absolute Gasteiger partial charge is 0.258 e. The summed E-state index contributed by atoms with van der Waals surface area (Å²) in [5.41, 5.74) is 0.359. The van der Waals surface area contributed by atoms with Crippen LogP contribution < -0.4 is 10.1 Å². The molecule has 0 aliphatic heterocycles. The average molecular weight is 286 g/mol. The second-order valence-electron chi connectivity index (χ2n) is 3.83. The van der Waals surface area contributed by atoms with Crippen LogP contribution in [0.2, 0.25) is 5.02 Å². The summed E-state index contributed by atoms with van der Waals surface area (Å²) in [7, 11) is 1.55. The first-order valence-corrected chi connectivity index (χ1v) is 6.11. The number of Topliss-reactive ketones (excluding diaryl/α,β-unsaturated/α-hetero) is 1. The Kier molecular flexibility index (Phi) is 6.32. The fourth-order valence-electron chi connectivity index (χ4n) is 1.39. The van der Waals surface area contributed by atoms with Crippen LogP contribution in [0.3, 0.4) is 0 Å². The van der Waals surface area contributed by atoms with Gasteiger partial charge in [0.25, 0.3) is 5.91 Å². The van der Waals surface area contributed by atoms with E-state index in [1.807, 2.05) is 0 Å². The molecule has 0 fully saturated rings. The highest BCUT2D eigenvalue weighted by Crippen LogP contribution is 2.23. The maximum absolute atomic E-state index is 11.4. The zero-order valence-electron chi connectivity index (χ0n) is 10.9. The normalized spacial score (nSPS) is 10.1. The van der Waals surface area contributed by atoms with Crippen LogP contribution in [0.1, 0.15) is 17.3 Å². The molecule has 0 saturated carbocycles. The zero-order valence-corrected chi connectivity index (χ0v) is 11.6. The van der Waals surface area contributed by atoms with Gasteiger partial charge in [-0.05, 0) is 25.1 Å². The molecular formula is C13H16ClNO4. The van der Waals surface area contributed by atoms with Gasteiger partial charge in [0.05, 0.1) is 12.2 Å². The summed E-state index contributed by atoms with van der Waals surface area (Å²) >= 11 is 5.81. The van der Waals surface area contributed by atoms with Crippen LogP contribution in [0.15, 0.2) is 18.2 Å². The first kappa shape index (κ1) is 15.5. The topological polar surface area (TPSA) is 64.6 Å². The number of carbonyl (C=O) groups excluding carboxylic acids is 2. The lowest BCUT2D eigenvalue weighted by Gasteiger charge is -2.10. The minimum Gasteiger partial charge on any atom is -0.483 e. The Bertz CT molecular complexity index is 462. The number of hydrogen-bond acceptors (Lipinski definition) is 4. The summed E-state index contributed by atoms with van der Waals surface area (Å²) in [6.07, 6.45) is 0. The zero-order chi connectivity index (χ0) is 14.3. The minimum absolute atomic E-state index is 0.161. The van der Waals surface area contributed by atoms with E-state index in [4.69, 9.17) is 21.1 Å². The molecule has 1 amide bonds. The number of nitrogens with one attached hydrogen (secondary N) is 1. The fraction of sp³-hybridized carbons (Fsp3) is 0.385. The number of ether oxygens (including phenoxy) is 2. The molecule has 0 spiro atoms. The van der Waals surface area contributed by atoms with Crippen molar-refractivity contribution in [1.29, 1.82) is 0 Å². The minimum atomic E-state index is -0.276. The average Bonchev–Trinajstić information content (AvgIpc) is 2.37. The predicted molar refractivity (Wildman–Crippen MR) is 71.8 cm³/mol. The van der Waals surface area contributed by atoms with Crippen LogP contribution >= 0.6 is 11.6 Å². The van der Waals surface area contributed by atoms with Crippen LogP contribution in [0.5, 0.6) is 5.75 Å². The van der Waals surface area contributed by atoms with Crippen LogP contribution in [0.25, 0.3) is 0 Å². The van der Waals surface area contributed by atoms with Gasteiger partial charge in [-0.2, -0.15) is 0 Å². The Labute approximate surface area is 116 Å². The third kappa shape index (κ3) is 5.28. The van der Waals surface area contributed by atoms with Crippen molar-refractivity contribution in [3.63, 3.8) is 0 Å². The van der Waals surface area contributed by atoms with Gasteiger partial charge in [0.2, 0.25) is 0 Å². The third-order valence-electron chi connectivity index (χ3n) is 2.31. The Morgan fingerprint density at radius 2 is 2.11 bits per heavy atom. The summed E-state index contributed by atoms with van der Waals surface area (Å²) in [6, 6.07) is 4.69. The largest absolute Gasteiger partial charge is 0.483 e. The first-order chi connectivity index (χ1) is 9.04. The van der Waals surface area contributed by atoms with E-state index in [0.29, 0.717) is 29.5 Å². The number of ketones is 1. The van der Waals surface area contributed by atoms with Gasteiger partial charge in [-0.1, -0.05) is 11.6 Å². The van der Waals surface area contributed by atoms with Crippen LogP contribution in [0.4, 0.5) is 0 Å². The molecule has 104 valence electrons. The molecule has 0 unspecified atom stereocenters. The highest BCUT2D eigenvalue weighted by molar-refractivity contribution is 6.31. The molecule has 0 heterocycles. The third-order valence-corrected chi connectivity index (χ3v) is 2.54. The molecule has 0 aliphatic rings. The molecular weight excluding hydrogens is 270 g/mol. The van der Waals surface area contributed by atoms with Gasteiger partial charge < -0.3 is 14.8 Å². The summed E-state index contributed by atoms with van der Waals surface area (Å²) < 4.78 is 10.1. The molecule has 1 aromatic carbocycles. The molecule has 0 aromatic heterocycles. The van der Waals surface area contributed by atoms with E-state index in [1.165, 1.54) is 13.0 Å². The first-order valence-electron chi connectivity index (χ1n) is 5.73. The summed E-state index contributed by atoms with van der Waals surface area (Å²) in [5, 5.41) is 3.06. The van der Waals surface area contributed by atoms with E-state index in [0.717, 1.165) is 0 Å². The van der Waals surface area contributed by atoms with Gasteiger partial charge in [0.15, 0.2) is 12.4 Å². The van der Waals surface area contributed by atoms with Gasteiger partial charge in [0.1, 0.15) is 5.75 Å². The number of amides is 1. The molecule has 0 bridgehead atoms. The summed E-state index contributed by atoms with van der Waals surface area (Å²) in [4.78, 5) is 22.9. The van der Waals surface area contributed by atoms with E-state index in [2.05, 4.69) is 5.32 Å². The van der Waals surface area contributed by atoms with Crippen molar-refractivity contribution in [3.05, 3.63) is 28.8 Å². The molecule has 1 rings (SSSR count). The number of rotatable bonds is 7. The maximum Gasteiger partial charge on any atom is 0.258 e.